The zero-order valence-electron chi connectivity index (χ0n) is 16.3. The summed E-state index contributed by atoms with van der Waals surface area (Å²) in [6.45, 7) is -0.185. The Kier molecular flexibility index (Phi) is 7.29. The highest BCUT2D eigenvalue weighted by Gasteiger charge is 2.24. The fourth-order valence-electron chi connectivity index (χ4n) is 3.60. The van der Waals surface area contributed by atoms with Gasteiger partial charge in [-0.25, -0.2) is 4.68 Å². The quantitative estimate of drug-likeness (QED) is 0.514. The first-order chi connectivity index (χ1) is 14.0. The van der Waals surface area contributed by atoms with Gasteiger partial charge in [0.15, 0.2) is 5.82 Å². The number of rotatable bonds is 8. The number of aromatic nitrogens is 3. The molecule has 0 bridgehead atoms. The molecule has 7 nitrogen and oxygen atoms in total. The average Bonchev–Trinajstić information content (AvgIpc) is 3.08. The number of thioether (sulfide) groups is 1. The predicted molar refractivity (Wildman–Crippen MR) is 107 cm³/mol. The molecule has 0 atom stereocenters. The molecule has 0 unspecified atom stereocenters. The van der Waals surface area contributed by atoms with Crippen LogP contribution in [-0.4, -0.2) is 50.6 Å². The van der Waals surface area contributed by atoms with Crippen LogP contribution in [0.1, 0.15) is 39.0 Å². The molecule has 1 amide bonds. The molecule has 3 rings (SSSR count). The molecule has 1 aliphatic carbocycles. The van der Waals surface area contributed by atoms with Gasteiger partial charge >= 0.3 is 6.61 Å². The van der Waals surface area contributed by atoms with E-state index in [9.17, 15) is 13.6 Å². The Balaban J connectivity index is 1.62. The summed E-state index contributed by atoms with van der Waals surface area (Å²) in [4.78, 5) is 14.6. The van der Waals surface area contributed by atoms with Crippen molar-refractivity contribution in [2.24, 2.45) is 0 Å². The topological polar surface area (TPSA) is 86.3 Å². The van der Waals surface area contributed by atoms with E-state index < -0.39 is 6.61 Å². The van der Waals surface area contributed by atoms with Crippen molar-refractivity contribution in [1.29, 1.82) is 0 Å². The lowest BCUT2D eigenvalue weighted by Crippen LogP contribution is -2.42. The zero-order chi connectivity index (χ0) is 20.8. The fourth-order valence-corrected chi connectivity index (χ4v) is 4.34. The van der Waals surface area contributed by atoms with Crippen LogP contribution < -0.4 is 10.6 Å². The van der Waals surface area contributed by atoms with Crippen LogP contribution in [0.2, 0.25) is 0 Å². The summed E-state index contributed by atoms with van der Waals surface area (Å²) in [5.74, 6) is 6.82. The summed E-state index contributed by atoms with van der Waals surface area (Å²) in [7, 11) is 0. The molecule has 1 aromatic heterocycles. The van der Waals surface area contributed by atoms with Gasteiger partial charge in [-0.05, 0) is 44.0 Å². The number of nitrogens with two attached hydrogens (primary N) is 1. The van der Waals surface area contributed by atoms with E-state index >= 15 is 0 Å². The molecule has 29 heavy (non-hydrogen) atoms. The Morgan fingerprint density at radius 1 is 1.28 bits per heavy atom. The molecule has 0 aliphatic heterocycles. The minimum Gasteiger partial charge on any atom is -0.435 e. The second-order valence-electron chi connectivity index (χ2n) is 6.84. The first-order valence-corrected chi connectivity index (χ1v) is 10.7. The van der Waals surface area contributed by atoms with Crippen LogP contribution in [0.3, 0.4) is 0 Å². The average molecular weight is 426 g/mol. The number of halogens is 2. The Morgan fingerprint density at radius 2 is 1.97 bits per heavy atom. The highest BCUT2D eigenvalue weighted by molar-refractivity contribution is 7.99. The molecule has 10 heteroatoms. The first-order valence-electron chi connectivity index (χ1n) is 9.67. The van der Waals surface area contributed by atoms with E-state index in [2.05, 4.69) is 14.9 Å². The highest BCUT2D eigenvalue weighted by Crippen LogP contribution is 2.26. The van der Waals surface area contributed by atoms with Crippen LogP contribution in [0.25, 0.3) is 11.4 Å². The third-order valence-corrected chi connectivity index (χ3v) is 5.93. The van der Waals surface area contributed by atoms with Gasteiger partial charge in [-0.3, -0.25) is 4.79 Å². The van der Waals surface area contributed by atoms with Crippen molar-refractivity contribution in [1.82, 2.24) is 19.8 Å². The normalized spacial score (nSPS) is 14.9. The summed E-state index contributed by atoms with van der Waals surface area (Å²) >= 11 is 1.24. The number of carbonyl (C=O) groups excluding carboxylic acids is 1. The van der Waals surface area contributed by atoms with Gasteiger partial charge in [-0.15, -0.1) is 10.2 Å². The predicted octanol–water partition coefficient (Wildman–Crippen LogP) is 3.53. The molecule has 1 fully saturated rings. The van der Waals surface area contributed by atoms with Crippen molar-refractivity contribution in [3.63, 3.8) is 0 Å². The first kappa shape index (κ1) is 21.4. The lowest BCUT2D eigenvalue weighted by molar-refractivity contribution is -0.131. The lowest BCUT2D eigenvalue weighted by Gasteiger charge is -2.33. The summed E-state index contributed by atoms with van der Waals surface area (Å²) in [5, 5.41) is 8.54. The smallest absolute Gasteiger partial charge is 0.387 e. The molecular formula is C19H25F2N5O2S. The maximum Gasteiger partial charge on any atom is 0.387 e. The molecule has 0 spiro atoms. The summed E-state index contributed by atoms with van der Waals surface area (Å²) in [6.07, 6.45) is 5.71. The maximum atomic E-state index is 12.7. The number of nitrogen functional groups attached to an aromatic ring is 1. The van der Waals surface area contributed by atoms with Gasteiger partial charge in [-0.1, -0.05) is 31.0 Å². The van der Waals surface area contributed by atoms with Crippen molar-refractivity contribution < 1.29 is 18.3 Å². The minimum absolute atomic E-state index is 0.0504. The largest absolute Gasteiger partial charge is 0.435 e. The fraction of sp³-hybridized carbons (Fsp3) is 0.526. The van der Waals surface area contributed by atoms with Crippen LogP contribution in [0.5, 0.6) is 5.75 Å². The second-order valence-corrected chi connectivity index (χ2v) is 7.78. The Morgan fingerprint density at radius 3 is 2.59 bits per heavy atom. The van der Waals surface area contributed by atoms with Crippen LogP contribution in [0.4, 0.5) is 8.78 Å². The molecule has 1 aromatic carbocycles. The van der Waals surface area contributed by atoms with Crippen LogP contribution in [-0.2, 0) is 4.79 Å². The number of alkyl halides is 2. The van der Waals surface area contributed by atoms with Crippen molar-refractivity contribution in [2.75, 3.05) is 18.1 Å². The van der Waals surface area contributed by atoms with E-state index in [1.165, 1.54) is 47.8 Å². The Labute approximate surface area is 172 Å². The van der Waals surface area contributed by atoms with Crippen molar-refractivity contribution in [2.45, 2.75) is 56.8 Å². The molecule has 1 saturated carbocycles. The Hall–Kier alpha value is -2.36. The monoisotopic (exact) mass is 425 g/mol. The van der Waals surface area contributed by atoms with Gasteiger partial charge in [0.1, 0.15) is 5.75 Å². The number of benzene rings is 1. The van der Waals surface area contributed by atoms with E-state index in [0.717, 1.165) is 12.8 Å². The lowest BCUT2D eigenvalue weighted by atomic mass is 9.94. The van der Waals surface area contributed by atoms with E-state index in [0.29, 0.717) is 29.1 Å². The third-order valence-electron chi connectivity index (χ3n) is 5.00. The standard InChI is InChI=1S/C19H25F2N5O2S/c1-2-25(14-6-4-3-5-7-14)16(27)12-29-19-24-23-17(26(19)22)13-8-10-15(11-9-13)28-18(20)21/h8-11,14,18H,2-7,12,22H2,1H3. The van der Waals surface area contributed by atoms with Gasteiger partial charge in [0, 0.05) is 18.2 Å². The third kappa shape index (κ3) is 5.37. The van der Waals surface area contributed by atoms with E-state index in [1.54, 1.807) is 12.1 Å². The number of amides is 1. The number of hydrogen-bond donors (Lipinski definition) is 1. The van der Waals surface area contributed by atoms with E-state index in [4.69, 9.17) is 5.84 Å². The van der Waals surface area contributed by atoms with Gasteiger partial charge in [0.25, 0.3) is 0 Å². The van der Waals surface area contributed by atoms with Gasteiger partial charge in [0.2, 0.25) is 11.1 Å². The molecule has 0 radical (unpaired) electrons. The molecule has 2 N–H and O–H groups in total. The number of carbonyl (C=O) groups is 1. The number of nitrogens with zero attached hydrogens (tertiary/aromatic N) is 4. The molecular weight excluding hydrogens is 400 g/mol. The van der Waals surface area contributed by atoms with Crippen LogP contribution in [0.15, 0.2) is 29.4 Å². The highest BCUT2D eigenvalue weighted by atomic mass is 32.2. The van der Waals surface area contributed by atoms with Gasteiger partial charge < -0.3 is 15.5 Å². The molecule has 0 saturated heterocycles. The van der Waals surface area contributed by atoms with Gasteiger partial charge in [0.05, 0.1) is 5.75 Å². The van der Waals surface area contributed by atoms with Gasteiger partial charge in [-0.2, -0.15) is 8.78 Å². The SMILES string of the molecule is CCN(C(=O)CSc1nnc(-c2ccc(OC(F)F)cc2)n1N)C1CCCCC1. The van der Waals surface area contributed by atoms with Crippen molar-refractivity contribution in [3.8, 4) is 17.1 Å². The summed E-state index contributed by atoms with van der Waals surface area (Å²) < 4.78 is 30.2. The molecule has 1 heterocycles. The zero-order valence-corrected chi connectivity index (χ0v) is 17.1. The minimum atomic E-state index is -2.88. The van der Waals surface area contributed by atoms with E-state index in [-0.39, 0.29) is 17.4 Å². The molecule has 2 aromatic rings. The van der Waals surface area contributed by atoms with Crippen LogP contribution in [0, 0.1) is 0 Å². The number of hydrogen-bond acceptors (Lipinski definition) is 6. The van der Waals surface area contributed by atoms with Crippen molar-refractivity contribution in [3.05, 3.63) is 24.3 Å². The summed E-state index contributed by atoms with van der Waals surface area (Å²) in [5.41, 5.74) is 0.609. The molecule has 158 valence electrons. The van der Waals surface area contributed by atoms with Crippen LogP contribution >= 0.6 is 11.8 Å². The second kappa shape index (κ2) is 9.91. The maximum absolute atomic E-state index is 12.7. The molecule has 1 aliphatic rings. The summed E-state index contributed by atoms with van der Waals surface area (Å²) in [6, 6.07) is 6.30. The number of ether oxygens (including phenoxy) is 1. The van der Waals surface area contributed by atoms with E-state index in [1.807, 2.05) is 11.8 Å². The van der Waals surface area contributed by atoms with Crippen molar-refractivity contribution >= 4 is 17.7 Å². The Bertz CT molecular complexity index is 809.